The maximum Gasteiger partial charge on any atom is 0.226 e. The number of nitrogens with one attached hydrogen (secondary N) is 1. The summed E-state index contributed by atoms with van der Waals surface area (Å²) in [5.74, 6) is 4.87. The highest BCUT2D eigenvalue weighted by molar-refractivity contribution is 7.99. The number of thioether (sulfide) groups is 1. The molecule has 0 bridgehead atoms. The molecule has 15 heavy (non-hydrogen) atoms. The van der Waals surface area contributed by atoms with Crippen molar-refractivity contribution in [1.29, 1.82) is 0 Å². The van der Waals surface area contributed by atoms with E-state index in [1.807, 2.05) is 18.8 Å². The first-order chi connectivity index (χ1) is 7.38. The second kappa shape index (κ2) is 5.51. The first-order valence-electron chi connectivity index (χ1n) is 5.42. The molecular weight excluding hydrogens is 210 g/mol. The van der Waals surface area contributed by atoms with E-state index in [0.29, 0.717) is 6.54 Å². The van der Waals surface area contributed by atoms with Crippen LogP contribution in [0.15, 0.2) is 4.52 Å². The van der Waals surface area contributed by atoms with Crippen molar-refractivity contribution >= 4 is 11.8 Å². The van der Waals surface area contributed by atoms with Crippen molar-refractivity contribution in [2.45, 2.75) is 25.8 Å². The molecule has 5 heteroatoms. The van der Waals surface area contributed by atoms with E-state index in [0.717, 1.165) is 24.1 Å². The molecule has 0 atom stereocenters. The fourth-order valence-corrected chi connectivity index (χ4v) is 3.00. The normalized spacial score (nSPS) is 18.2. The smallest absolute Gasteiger partial charge is 0.226 e. The lowest BCUT2D eigenvalue weighted by atomic mass is 9.99. The van der Waals surface area contributed by atoms with Gasteiger partial charge in [-0.15, -0.1) is 0 Å². The Hall–Kier alpha value is -0.550. The Morgan fingerprint density at radius 1 is 1.47 bits per heavy atom. The molecule has 84 valence electrons. The molecule has 1 N–H and O–H groups in total. The molecule has 0 aromatic carbocycles. The Bertz CT molecular complexity index is 297. The molecule has 1 aromatic heterocycles. The second-order valence-electron chi connectivity index (χ2n) is 3.89. The molecule has 0 amide bonds. The van der Waals surface area contributed by atoms with Crippen molar-refractivity contribution in [1.82, 2.24) is 15.5 Å². The van der Waals surface area contributed by atoms with Gasteiger partial charge in [0.15, 0.2) is 5.82 Å². The number of hydrogen-bond acceptors (Lipinski definition) is 5. The minimum atomic E-state index is 0.685. The summed E-state index contributed by atoms with van der Waals surface area (Å²) in [6, 6.07) is 0. The standard InChI is InChI=1S/C10H17N3OS/c1-11-7-9-12-10(14-13-9)6-8-2-4-15-5-3-8/h8,11H,2-7H2,1H3. The predicted molar refractivity (Wildman–Crippen MR) is 60.8 cm³/mol. The van der Waals surface area contributed by atoms with Crippen molar-refractivity contribution < 1.29 is 4.52 Å². The monoisotopic (exact) mass is 227 g/mol. The van der Waals surface area contributed by atoms with E-state index < -0.39 is 0 Å². The first kappa shape index (κ1) is 11.0. The van der Waals surface area contributed by atoms with Gasteiger partial charge in [-0.25, -0.2) is 0 Å². The van der Waals surface area contributed by atoms with Gasteiger partial charge in [0, 0.05) is 6.42 Å². The van der Waals surface area contributed by atoms with Crippen LogP contribution in [0.5, 0.6) is 0 Å². The van der Waals surface area contributed by atoms with Crippen molar-refractivity contribution in [2.24, 2.45) is 5.92 Å². The number of nitrogens with zero attached hydrogens (tertiary/aromatic N) is 2. The summed E-state index contributed by atoms with van der Waals surface area (Å²) in [6.07, 6.45) is 3.53. The van der Waals surface area contributed by atoms with Gasteiger partial charge in [0.1, 0.15) is 0 Å². The zero-order valence-corrected chi connectivity index (χ0v) is 9.85. The van der Waals surface area contributed by atoms with E-state index in [1.165, 1.54) is 24.3 Å². The van der Waals surface area contributed by atoms with Crippen LogP contribution < -0.4 is 5.32 Å². The fraction of sp³-hybridized carbons (Fsp3) is 0.800. The summed E-state index contributed by atoms with van der Waals surface area (Å²) in [7, 11) is 1.88. The lowest BCUT2D eigenvalue weighted by molar-refractivity contribution is 0.341. The predicted octanol–water partition coefficient (Wildman–Crippen LogP) is 1.47. The van der Waals surface area contributed by atoms with Crippen LogP contribution >= 0.6 is 11.8 Å². The third kappa shape index (κ3) is 3.21. The van der Waals surface area contributed by atoms with Gasteiger partial charge in [0.2, 0.25) is 5.89 Å². The fourth-order valence-electron chi connectivity index (χ4n) is 1.80. The molecule has 1 aliphatic heterocycles. The largest absolute Gasteiger partial charge is 0.339 e. The third-order valence-electron chi connectivity index (χ3n) is 2.65. The van der Waals surface area contributed by atoms with E-state index in [4.69, 9.17) is 4.52 Å². The second-order valence-corrected chi connectivity index (χ2v) is 5.12. The molecule has 0 saturated carbocycles. The van der Waals surface area contributed by atoms with Crippen LogP contribution in [0.2, 0.25) is 0 Å². The Morgan fingerprint density at radius 2 is 2.27 bits per heavy atom. The van der Waals surface area contributed by atoms with Gasteiger partial charge in [0.05, 0.1) is 6.54 Å². The van der Waals surface area contributed by atoms with Crippen molar-refractivity contribution in [3.8, 4) is 0 Å². The number of aromatic nitrogens is 2. The Morgan fingerprint density at radius 3 is 3.00 bits per heavy atom. The maximum absolute atomic E-state index is 5.21. The van der Waals surface area contributed by atoms with Gasteiger partial charge in [-0.05, 0) is 37.3 Å². The average molecular weight is 227 g/mol. The van der Waals surface area contributed by atoms with Crippen LogP contribution in [-0.4, -0.2) is 28.7 Å². The zero-order valence-electron chi connectivity index (χ0n) is 9.03. The SMILES string of the molecule is CNCc1noc(CC2CCSCC2)n1. The van der Waals surface area contributed by atoms with E-state index in [-0.39, 0.29) is 0 Å². The summed E-state index contributed by atoms with van der Waals surface area (Å²) in [6.45, 7) is 0.685. The zero-order chi connectivity index (χ0) is 10.5. The highest BCUT2D eigenvalue weighted by atomic mass is 32.2. The Labute approximate surface area is 94.2 Å². The molecule has 2 rings (SSSR count). The van der Waals surface area contributed by atoms with Crippen LogP contribution in [0.25, 0.3) is 0 Å². The molecule has 0 aliphatic carbocycles. The third-order valence-corrected chi connectivity index (χ3v) is 3.70. The maximum atomic E-state index is 5.21. The summed E-state index contributed by atoms with van der Waals surface area (Å²) in [5, 5.41) is 6.93. The average Bonchev–Trinajstić information content (AvgIpc) is 2.68. The van der Waals surface area contributed by atoms with Crippen molar-refractivity contribution in [2.75, 3.05) is 18.6 Å². The van der Waals surface area contributed by atoms with Gasteiger partial charge < -0.3 is 9.84 Å². The lowest BCUT2D eigenvalue weighted by Crippen LogP contribution is -2.12. The molecule has 1 aliphatic rings. The number of hydrogen-bond donors (Lipinski definition) is 1. The van der Waals surface area contributed by atoms with E-state index in [1.54, 1.807) is 0 Å². The quantitative estimate of drug-likeness (QED) is 0.844. The molecule has 0 unspecified atom stereocenters. The van der Waals surface area contributed by atoms with Crippen LogP contribution in [0.4, 0.5) is 0 Å². The van der Waals surface area contributed by atoms with Gasteiger partial charge in [-0.3, -0.25) is 0 Å². The van der Waals surface area contributed by atoms with Crippen LogP contribution in [0, 0.1) is 5.92 Å². The Balaban J connectivity index is 1.86. The Kier molecular flexibility index (Phi) is 4.02. The lowest BCUT2D eigenvalue weighted by Gasteiger charge is -2.19. The molecule has 2 heterocycles. The van der Waals surface area contributed by atoms with E-state index >= 15 is 0 Å². The van der Waals surface area contributed by atoms with Crippen LogP contribution in [-0.2, 0) is 13.0 Å². The van der Waals surface area contributed by atoms with Gasteiger partial charge in [-0.1, -0.05) is 5.16 Å². The summed E-state index contributed by atoms with van der Waals surface area (Å²) in [5.41, 5.74) is 0. The number of rotatable bonds is 4. The van der Waals surface area contributed by atoms with Crippen LogP contribution in [0.1, 0.15) is 24.6 Å². The summed E-state index contributed by atoms with van der Waals surface area (Å²) in [4.78, 5) is 4.35. The van der Waals surface area contributed by atoms with E-state index in [9.17, 15) is 0 Å². The highest BCUT2D eigenvalue weighted by Gasteiger charge is 2.17. The highest BCUT2D eigenvalue weighted by Crippen LogP contribution is 2.25. The first-order valence-corrected chi connectivity index (χ1v) is 6.57. The summed E-state index contributed by atoms with van der Waals surface area (Å²) >= 11 is 2.05. The molecule has 4 nitrogen and oxygen atoms in total. The molecule has 1 fully saturated rings. The van der Waals surface area contributed by atoms with Gasteiger partial charge in [-0.2, -0.15) is 16.7 Å². The molecule has 0 spiro atoms. The van der Waals surface area contributed by atoms with E-state index in [2.05, 4.69) is 15.5 Å². The molecule has 1 aromatic rings. The molecule has 0 radical (unpaired) electrons. The van der Waals surface area contributed by atoms with Crippen LogP contribution in [0.3, 0.4) is 0 Å². The topological polar surface area (TPSA) is 51.0 Å². The van der Waals surface area contributed by atoms with Gasteiger partial charge >= 0.3 is 0 Å². The molecule has 1 saturated heterocycles. The minimum Gasteiger partial charge on any atom is -0.339 e. The van der Waals surface area contributed by atoms with Crippen molar-refractivity contribution in [3.05, 3.63) is 11.7 Å². The van der Waals surface area contributed by atoms with Crippen molar-refractivity contribution in [3.63, 3.8) is 0 Å². The molecular formula is C10H17N3OS. The minimum absolute atomic E-state index is 0.685. The van der Waals surface area contributed by atoms with Gasteiger partial charge in [0.25, 0.3) is 0 Å². The summed E-state index contributed by atoms with van der Waals surface area (Å²) < 4.78 is 5.21.